The first-order valence-electron chi connectivity index (χ1n) is 6.47. The van der Waals surface area contributed by atoms with Crippen LogP contribution in [0.3, 0.4) is 0 Å². The Morgan fingerprint density at radius 1 is 1.28 bits per heavy atom. The summed E-state index contributed by atoms with van der Waals surface area (Å²) in [6.07, 6.45) is 5.57. The maximum Gasteiger partial charge on any atom is 0.162 e. The molecule has 0 heterocycles. The minimum absolute atomic E-state index is 0.105. The fourth-order valence-corrected chi connectivity index (χ4v) is 3.67. The lowest BCUT2D eigenvalue weighted by atomic mass is 10.1. The van der Waals surface area contributed by atoms with Crippen molar-refractivity contribution in [2.45, 2.75) is 43.4 Å². The van der Waals surface area contributed by atoms with E-state index in [0.717, 1.165) is 11.8 Å². The smallest absolute Gasteiger partial charge is 0.162 e. The minimum atomic E-state index is -0.789. The number of halogens is 2. The van der Waals surface area contributed by atoms with Gasteiger partial charge in [0.15, 0.2) is 11.6 Å². The van der Waals surface area contributed by atoms with Crippen molar-refractivity contribution in [3.05, 3.63) is 35.4 Å². The normalized spacial score (nSPS) is 18.2. The summed E-state index contributed by atoms with van der Waals surface area (Å²) >= 11 is 1.88. The van der Waals surface area contributed by atoms with Crippen LogP contribution in [0.25, 0.3) is 0 Å². The van der Waals surface area contributed by atoms with Crippen molar-refractivity contribution >= 4 is 11.8 Å². The van der Waals surface area contributed by atoms with Crippen molar-refractivity contribution in [1.29, 1.82) is 0 Å². The molecule has 100 valence electrons. The van der Waals surface area contributed by atoms with E-state index < -0.39 is 11.6 Å². The summed E-state index contributed by atoms with van der Waals surface area (Å²) in [6, 6.07) is 4.17. The molecule has 0 aliphatic heterocycles. The quantitative estimate of drug-likeness (QED) is 0.887. The Morgan fingerprint density at radius 2 is 2.00 bits per heavy atom. The van der Waals surface area contributed by atoms with Gasteiger partial charge in [0.25, 0.3) is 0 Å². The van der Waals surface area contributed by atoms with Gasteiger partial charge in [-0.3, -0.25) is 0 Å². The third kappa shape index (κ3) is 3.69. The van der Waals surface area contributed by atoms with Gasteiger partial charge >= 0.3 is 0 Å². The SMILES string of the molecule is NC(CSC1CCCC1)Cc1cccc(F)c1F. The second-order valence-electron chi connectivity index (χ2n) is 4.92. The summed E-state index contributed by atoms with van der Waals surface area (Å²) in [6.45, 7) is 0. The topological polar surface area (TPSA) is 26.0 Å². The van der Waals surface area contributed by atoms with Crippen LogP contribution in [0.5, 0.6) is 0 Å². The van der Waals surface area contributed by atoms with Crippen LogP contribution in [0.2, 0.25) is 0 Å². The molecule has 1 aromatic rings. The first kappa shape index (κ1) is 13.8. The number of hydrogen-bond acceptors (Lipinski definition) is 2. The van der Waals surface area contributed by atoms with E-state index in [1.807, 2.05) is 11.8 Å². The zero-order valence-corrected chi connectivity index (χ0v) is 11.2. The highest BCUT2D eigenvalue weighted by Gasteiger charge is 2.17. The fraction of sp³-hybridized carbons (Fsp3) is 0.571. The van der Waals surface area contributed by atoms with Crippen molar-refractivity contribution in [3.63, 3.8) is 0 Å². The van der Waals surface area contributed by atoms with Gasteiger partial charge in [-0.05, 0) is 30.9 Å². The monoisotopic (exact) mass is 271 g/mol. The number of thioether (sulfide) groups is 1. The summed E-state index contributed by atoms with van der Waals surface area (Å²) in [5.74, 6) is -0.720. The Kier molecular flexibility index (Phi) is 5.01. The zero-order chi connectivity index (χ0) is 13.0. The molecule has 1 nitrogen and oxygen atoms in total. The van der Waals surface area contributed by atoms with Crippen LogP contribution in [0.15, 0.2) is 18.2 Å². The predicted octanol–water partition coefficient (Wildman–Crippen LogP) is 3.51. The molecule has 1 saturated carbocycles. The van der Waals surface area contributed by atoms with Crippen molar-refractivity contribution in [3.8, 4) is 0 Å². The number of benzene rings is 1. The van der Waals surface area contributed by atoms with Crippen molar-refractivity contribution < 1.29 is 8.78 Å². The summed E-state index contributed by atoms with van der Waals surface area (Å²) in [7, 11) is 0. The van der Waals surface area contributed by atoms with E-state index in [-0.39, 0.29) is 6.04 Å². The summed E-state index contributed by atoms with van der Waals surface area (Å²) in [5.41, 5.74) is 6.38. The van der Waals surface area contributed by atoms with Crippen LogP contribution in [-0.4, -0.2) is 17.0 Å². The molecule has 1 fully saturated rings. The lowest BCUT2D eigenvalue weighted by molar-refractivity contribution is 0.495. The summed E-state index contributed by atoms with van der Waals surface area (Å²) in [4.78, 5) is 0. The molecule has 1 unspecified atom stereocenters. The van der Waals surface area contributed by atoms with Crippen LogP contribution in [0.1, 0.15) is 31.2 Å². The highest BCUT2D eigenvalue weighted by molar-refractivity contribution is 7.99. The average molecular weight is 271 g/mol. The van der Waals surface area contributed by atoms with Crippen molar-refractivity contribution in [1.82, 2.24) is 0 Å². The van der Waals surface area contributed by atoms with E-state index in [9.17, 15) is 8.78 Å². The minimum Gasteiger partial charge on any atom is -0.327 e. The number of rotatable bonds is 5. The highest BCUT2D eigenvalue weighted by Crippen LogP contribution is 2.29. The van der Waals surface area contributed by atoms with Gasteiger partial charge in [-0.1, -0.05) is 25.0 Å². The Bertz CT molecular complexity index is 391. The molecule has 1 aliphatic rings. The van der Waals surface area contributed by atoms with E-state index in [2.05, 4.69) is 0 Å². The van der Waals surface area contributed by atoms with Gasteiger partial charge < -0.3 is 5.73 Å². The summed E-state index contributed by atoms with van der Waals surface area (Å²) < 4.78 is 26.5. The molecule has 2 rings (SSSR count). The molecule has 2 N–H and O–H groups in total. The zero-order valence-electron chi connectivity index (χ0n) is 10.4. The van der Waals surface area contributed by atoms with E-state index in [1.54, 1.807) is 6.07 Å². The molecule has 4 heteroatoms. The Morgan fingerprint density at radius 3 is 2.72 bits per heavy atom. The number of hydrogen-bond donors (Lipinski definition) is 1. The van der Waals surface area contributed by atoms with Crippen LogP contribution < -0.4 is 5.73 Å². The maximum absolute atomic E-state index is 13.5. The molecule has 0 amide bonds. The van der Waals surface area contributed by atoms with Gasteiger partial charge in [-0.15, -0.1) is 0 Å². The van der Waals surface area contributed by atoms with E-state index in [0.29, 0.717) is 17.2 Å². The lowest BCUT2D eigenvalue weighted by Gasteiger charge is -2.15. The average Bonchev–Trinajstić information content (AvgIpc) is 2.86. The molecule has 0 saturated heterocycles. The fourth-order valence-electron chi connectivity index (χ4n) is 2.36. The molecule has 1 aromatic carbocycles. The first-order chi connectivity index (χ1) is 8.66. The van der Waals surface area contributed by atoms with Crippen LogP contribution in [0, 0.1) is 11.6 Å². The molecule has 0 spiro atoms. The van der Waals surface area contributed by atoms with Gasteiger partial charge in [-0.25, -0.2) is 8.78 Å². The first-order valence-corrected chi connectivity index (χ1v) is 7.51. The van der Waals surface area contributed by atoms with Gasteiger partial charge in [0.1, 0.15) is 0 Å². The molecule has 18 heavy (non-hydrogen) atoms. The third-order valence-corrected chi connectivity index (χ3v) is 4.93. The van der Waals surface area contributed by atoms with Gasteiger partial charge in [-0.2, -0.15) is 11.8 Å². The molecular weight excluding hydrogens is 252 g/mol. The molecule has 0 aromatic heterocycles. The second-order valence-corrected chi connectivity index (χ2v) is 6.25. The maximum atomic E-state index is 13.5. The van der Waals surface area contributed by atoms with E-state index >= 15 is 0 Å². The lowest BCUT2D eigenvalue weighted by Crippen LogP contribution is -2.27. The molecular formula is C14H19F2NS. The Labute approximate surface area is 111 Å². The van der Waals surface area contributed by atoms with Gasteiger partial charge in [0, 0.05) is 17.0 Å². The van der Waals surface area contributed by atoms with Crippen LogP contribution >= 0.6 is 11.8 Å². The van der Waals surface area contributed by atoms with Crippen molar-refractivity contribution in [2.24, 2.45) is 5.73 Å². The Balaban J connectivity index is 1.82. The van der Waals surface area contributed by atoms with Crippen LogP contribution in [0.4, 0.5) is 8.78 Å². The van der Waals surface area contributed by atoms with E-state index in [4.69, 9.17) is 5.73 Å². The third-order valence-electron chi connectivity index (χ3n) is 3.36. The van der Waals surface area contributed by atoms with Crippen LogP contribution in [-0.2, 0) is 6.42 Å². The predicted molar refractivity (Wildman–Crippen MR) is 72.8 cm³/mol. The number of nitrogens with two attached hydrogens (primary N) is 1. The largest absolute Gasteiger partial charge is 0.327 e. The van der Waals surface area contributed by atoms with Crippen molar-refractivity contribution in [2.75, 3.05) is 5.75 Å². The highest BCUT2D eigenvalue weighted by atomic mass is 32.2. The van der Waals surface area contributed by atoms with Gasteiger partial charge in [0.2, 0.25) is 0 Å². The summed E-state index contributed by atoms with van der Waals surface area (Å²) in [5, 5.41) is 0.716. The molecule has 0 radical (unpaired) electrons. The molecule has 1 aliphatic carbocycles. The molecule has 1 atom stereocenters. The Hall–Kier alpha value is -0.610. The second kappa shape index (κ2) is 6.53. The van der Waals surface area contributed by atoms with E-state index in [1.165, 1.54) is 31.7 Å². The molecule has 0 bridgehead atoms. The standard InChI is InChI=1S/C14H19F2NS/c15-13-7-3-4-10(14(13)16)8-11(17)9-18-12-5-1-2-6-12/h3-4,7,11-12H,1-2,5-6,8-9,17H2. The van der Waals surface area contributed by atoms with Gasteiger partial charge in [0.05, 0.1) is 0 Å².